The Morgan fingerprint density at radius 3 is 2.56 bits per heavy atom. The summed E-state index contributed by atoms with van der Waals surface area (Å²) in [6.07, 6.45) is 1.34. The molecule has 0 aromatic heterocycles. The number of aliphatic hydroxyl groups is 1. The lowest BCUT2D eigenvalue weighted by atomic mass is 10.0. The Kier molecular flexibility index (Phi) is 6.39. The number of hydrogen-bond donors (Lipinski definition) is 3. The third-order valence-electron chi connectivity index (χ3n) is 3.04. The number of amides is 1. The minimum absolute atomic E-state index is 0.0678. The molecule has 4 nitrogen and oxygen atoms in total. The Labute approximate surface area is 108 Å². The molecule has 0 spiro atoms. The molecule has 0 aliphatic carbocycles. The van der Waals surface area contributed by atoms with Gasteiger partial charge in [-0.05, 0) is 18.4 Å². The summed E-state index contributed by atoms with van der Waals surface area (Å²) < 4.78 is 0. The normalized spacial score (nSPS) is 13.9. The molecule has 0 fully saturated rings. The van der Waals surface area contributed by atoms with Crippen LogP contribution >= 0.6 is 0 Å². The highest BCUT2D eigenvalue weighted by Gasteiger charge is 2.18. The molecule has 0 heterocycles. The number of carbonyl (C=O) groups is 1. The first-order valence-corrected chi connectivity index (χ1v) is 6.36. The first kappa shape index (κ1) is 14.7. The zero-order chi connectivity index (χ0) is 13.4. The third-order valence-corrected chi connectivity index (χ3v) is 3.04. The molecule has 1 aromatic carbocycles. The van der Waals surface area contributed by atoms with E-state index in [2.05, 4.69) is 5.32 Å². The topological polar surface area (TPSA) is 75.4 Å². The lowest BCUT2D eigenvalue weighted by molar-refractivity contribution is -0.125. The Morgan fingerprint density at radius 1 is 1.39 bits per heavy atom. The van der Waals surface area contributed by atoms with E-state index in [1.807, 2.05) is 37.3 Å². The third kappa shape index (κ3) is 4.47. The van der Waals surface area contributed by atoms with Crippen molar-refractivity contribution in [3.63, 3.8) is 0 Å². The molecular weight excluding hydrogens is 228 g/mol. The minimum Gasteiger partial charge on any atom is -0.394 e. The fourth-order valence-electron chi connectivity index (χ4n) is 1.84. The van der Waals surface area contributed by atoms with Gasteiger partial charge in [0.2, 0.25) is 5.91 Å². The monoisotopic (exact) mass is 250 g/mol. The van der Waals surface area contributed by atoms with Gasteiger partial charge in [-0.1, -0.05) is 37.3 Å². The molecule has 0 saturated heterocycles. The van der Waals surface area contributed by atoms with E-state index in [-0.39, 0.29) is 24.5 Å². The maximum Gasteiger partial charge on any atom is 0.224 e. The Morgan fingerprint density at radius 2 is 2.06 bits per heavy atom. The highest BCUT2D eigenvalue weighted by Crippen LogP contribution is 2.05. The number of hydrogen-bond acceptors (Lipinski definition) is 3. The van der Waals surface area contributed by atoms with Crippen molar-refractivity contribution in [2.45, 2.75) is 25.8 Å². The van der Waals surface area contributed by atoms with Crippen LogP contribution in [0, 0.1) is 5.92 Å². The Balaban J connectivity index is 2.54. The van der Waals surface area contributed by atoms with Gasteiger partial charge < -0.3 is 16.2 Å². The molecule has 4 N–H and O–H groups in total. The summed E-state index contributed by atoms with van der Waals surface area (Å²) in [6.45, 7) is 2.20. The van der Waals surface area contributed by atoms with Crippen LogP contribution in [-0.2, 0) is 11.2 Å². The summed E-state index contributed by atoms with van der Waals surface area (Å²) in [6, 6.07) is 9.54. The quantitative estimate of drug-likeness (QED) is 0.666. The van der Waals surface area contributed by atoms with Crippen LogP contribution in [0.4, 0.5) is 0 Å². The fourth-order valence-corrected chi connectivity index (χ4v) is 1.84. The van der Waals surface area contributed by atoms with Crippen molar-refractivity contribution in [1.82, 2.24) is 5.32 Å². The second kappa shape index (κ2) is 7.84. The molecule has 4 heteroatoms. The molecule has 2 atom stereocenters. The van der Waals surface area contributed by atoms with Crippen molar-refractivity contribution in [3.8, 4) is 0 Å². The Hall–Kier alpha value is -1.39. The summed E-state index contributed by atoms with van der Waals surface area (Å²) >= 11 is 0. The summed E-state index contributed by atoms with van der Waals surface area (Å²) in [5.74, 6) is -0.246. The van der Waals surface area contributed by atoms with Crippen LogP contribution in [-0.4, -0.2) is 30.2 Å². The molecule has 1 aromatic rings. The number of aliphatic hydroxyl groups excluding tert-OH is 1. The van der Waals surface area contributed by atoms with Crippen molar-refractivity contribution in [2.24, 2.45) is 11.7 Å². The molecule has 100 valence electrons. The highest BCUT2D eigenvalue weighted by atomic mass is 16.3. The summed E-state index contributed by atoms with van der Waals surface area (Å²) in [4.78, 5) is 11.9. The van der Waals surface area contributed by atoms with Crippen LogP contribution < -0.4 is 11.1 Å². The number of rotatable bonds is 7. The number of nitrogens with two attached hydrogens (primary N) is 1. The van der Waals surface area contributed by atoms with Crippen LogP contribution in [0.15, 0.2) is 30.3 Å². The van der Waals surface area contributed by atoms with Crippen molar-refractivity contribution < 1.29 is 9.90 Å². The van der Waals surface area contributed by atoms with Gasteiger partial charge in [0, 0.05) is 12.5 Å². The zero-order valence-corrected chi connectivity index (χ0v) is 10.8. The highest BCUT2D eigenvalue weighted by molar-refractivity contribution is 5.79. The van der Waals surface area contributed by atoms with Gasteiger partial charge in [-0.3, -0.25) is 4.79 Å². The lowest BCUT2D eigenvalue weighted by Gasteiger charge is -2.20. The largest absolute Gasteiger partial charge is 0.394 e. The lowest BCUT2D eigenvalue weighted by Crippen LogP contribution is -2.43. The fraction of sp³-hybridized carbons (Fsp3) is 0.500. The summed E-state index contributed by atoms with van der Waals surface area (Å²) in [7, 11) is 0. The SMILES string of the molecule is CCC(CN)C(=O)N[C@H](CO)Cc1ccccc1. The van der Waals surface area contributed by atoms with E-state index in [1.165, 1.54) is 0 Å². The number of carbonyl (C=O) groups excluding carboxylic acids is 1. The molecule has 18 heavy (non-hydrogen) atoms. The van der Waals surface area contributed by atoms with Gasteiger partial charge in [-0.25, -0.2) is 0 Å². The average Bonchev–Trinajstić information content (AvgIpc) is 2.40. The summed E-state index contributed by atoms with van der Waals surface area (Å²) in [5, 5.41) is 12.2. The second-order valence-corrected chi connectivity index (χ2v) is 4.42. The van der Waals surface area contributed by atoms with E-state index < -0.39 is 0 Å². The van der Waals surface area contributed by atoms with Crippen molar-refractivity contribution in [1.29, 1.82) is 0 Å². The molecular formula is C14H22N2O2. The maximum absolute atomic E-state index is 11.9. The predicted molar refractivity (Wildman–Crippen MR) is 72.0 cm³/mol. The van der Waals surface area contributed by atoms with E-state index in [9.17, 15) is 9.90 Å². The van der Waals surface area contributed by atoms with Gasteiger partial charge in [-0.2, -0.15) is 0 Å². The predicted octanol–water partition coefficient (Wildman–Crippen LogP) is 0.691. The standard InChI is InChI=1S/C14H22N2O2/c1-2-12(9-15)14(18)16-13(10-17)8-11-6-4-3-5-7-11/h3-7,12-13,17H,2,8-10,15H2,1H3,(H,16,18)/t12?,13-/m0/s1. The Bertz CT molecular complexity index is 350. The molecule has 0 radical (unpaired) electrons. The van der Waals surface area contributed by atoms with E-state index in [0.29, 0.717) is 19.4 Å². The number of benzene rings is 1. The van der Waals surface area contributed by atoms with Crippen LogP contribution in [0.5, 0.6) is 0 Å². The molecule has 0 saturated carbocycles. The zero-order valence-electron chi connectivity index (χ0n) is 10.8. The molecule has 1 amide bonds. The van der Waals surface area contributed by atoms with Gasteiger partial charge in [0.15, 0.2) is 0 Å². The van der Waals surface area contributed by atoms with Crippen molar-refractivity contribution in [2.75, 3.05) is 13.2 Å². The molecule has 0 aliphatic heterocycles. The van der Waals surface area contributed by atoms with E-state index in [4.69, 9.17) is 5.73 Å². The van der Waals surface area contributed by atoms with Crippen LogP contribution in [0.3, 0.4) is 0 Å². The second-order valence-electron chi connectivity index (χ2n) is 4.42. The van der Waals surface area contributed by atoms with Crippen molar-refractivity contribution in [3.05, 3.63) is 35.9 Å². The van der Waals surface area contributed by atoms with E-state index >= 15 is 0 Å². The number of nitrogens with one attached hydrogen (secondary N) is 1. The first-order chi connectivity index (χ1) is 8.71. The van der Waals surface area contributed by atoms with Crippen LogP contribution in [0.1, 0.15) is 18.9 Å². The van der Waals surface area contributed by atoms with Crippen molar-refractivity contribution >= 4 is 5.91 Å². The van der Waals surface area contributed by atoms with Crippen LogP contribution in [0.2, 0.25) is 0 Å². The van der Waals surface area contributed by atoms with E-state index in [0.717, 1.165) is 5.56 Å². The first-order valence-electron chi connectivity index (χ1n) is 6.36. The van der Waals surface area contributed by atoms with Gasteiger partial charge >= 0.3 is 0 Å². The smallest absolute Gasteiger partial charge is 0.224 e. The molecule has 0 bridgehead atoms. The minimum atomic E-state index is -0.250. The van der Waals surface area contributed by atoms with Crippen LogP contribution in [0.25, 0.3) is 0 Å². The molecule has 1 unspecified atom stereocenters. The maximum atomic E-state index is 11.9. The summed E-state index contributed by atoms with van der Waals surface area (Å²) in [5.41, 5.74) is 6.63. The van der Waals surface area contributed by atoms with E-state index in [1.54, 1.807) is 0 Å². The van der Waals surface area contributed by atoms with Gasteiger partial charge in [0.1, 0.15) is 0 Å². The van der Waals surface area contributed by atoms with Gasteiger partial charge in [-0.15, -0.1) is 0 Å². The van der Waals surface area contributed by atoms with Gasteiger partial charge in [0.25, 0.3) is 0 Å². The molecule has 0 aliphatic rings. The molecule has 1 rings (SSSR count). The average molecular weight is 250 g/mol. The van der Waals surface area contributed by atoms with Gasteiger partial charge in [0.05, 0.1) is 12.6 Å².